The van der Waals surface area contributed by atoms with E-state index in [4.69, 9.17) is 14.4 Å². The Hall–Kier alpha value is -2.79. The smallest absolute Gasteiger partial charge is 0.284 e. The Morgan fingerprint density at radius 3 is 3.18 bits per heavy atom. The number of hydrogen-bond donors (Lipinski definition) is 0. The van der Waals surface area contributed by atoms with Gasteiger partial charge in [0.15, 0.2) is 17.4 Å². The Morgan fingerprint density at radius 1 is 1.64 bits per heavy atom. The molecular formula is C14H10N4O3S. The van der Waals surface area contributed by atoms with Crippen LogP contribution in [0.4, 0.5) is 0 Å². The average Bonchev–Trinajstić information content (AvgIpc) is 3.20. The zero-order chi connectivity index (χ0) is 15.5. The van der Waals surface area contributed by atoms with Crippen LogP contribution in [-0.4, -0.2) is 29.0 Å². The predicted molar refractivity (Wildman–Crippen MR) is 81.3 cm³/mol. The number of ether oxygens (including phenoxy) is 1. The molecule has 0 saturated carbocycles. The van der Waals surface area contributed by atoms with Crippen LogP contribution >= 0.6 is 11.8 Å². The van der Waals surface area contributed by atoms with Crippen molar-refractivity contribution in [2.45, 2.75) is 6.92 Å². The Kier molecular flexibility index (Phi) is 3.80. The normalized spacial score (nSPS) is 19.1. The molecule has 8 heteroatoms. The molecule has 0 aromatic carbocycles. The number of allylic oxidation sites excluding steroid dienone is 1. The number of hydrogen-bond acceptors (Lipinski definition) is 7. The van der Waals surface area contributed by atoms with Crippen molar-refractivity contribution in [3.63, 3.8) is 0 Å². The highest BCUT2D eigenvalue weighted by Gasteiger charge is 2.41. The van der Waals surface area contributed by atoms with Crippen molar-refractivity contribution < 1.29 is 13.9 Å². The summed E-state index contributed by atoms with van der Waals surface area (Å²) in [4.78, 5) is 22.3. The monoisotopic (exact) mass is 314 g/mol. The number of carbonyl (C=O) groups excluding carboxylic acids is 1. The number of fused-ring (bicyclic) bond motifs is 1. The van der Waals surface area contributed by atoms with Crippen molar-refractivity contribution in [1.82, 2.24) is 4.90 Å². The molecule has 0 bridgehead atoms. The molecule has 0 N–H and O–H groups in total. The number of aliphatic imine (C=N–C) groups is 2. The molecule has 3 rings (SSSR count). The molecule has 0 radical (unpaired) electrons. The summed E-state index contributed by atoms with van der Waals surface area (Å²) in [6, 6.07) is 5.46. The van der Waals surface area contributed by atoms with Gasteiger partial charge in [0.25, 0.3) is 5.91 Å². The second-order valence-corrected chi connectivity index (χ2v) is 5.11. The van der Waals surface area contributed by atoms with Crippen LogP contribution in [0.25, 0.3) is 6.08 Å². The molecule has 1 aromatic rings. The molecule has 1 aromatic heterocycles. The van der Waals surface area contributed by atoms with Crippen LogP contribution in [0, 0.1) is 11.3 Å². The summed E-state index contributed by atoms with van der Waals surface area (Å²) in [6.45, 7) is 2.26. The minimum absolute atomic E-state index is 0.229. The summed E-state index contributed by atoms with van der Waals surface area (Å²) >= 11 is 1.10. The molecule has 0 unspecified atom stereocenters. The summed E-state index contributed by atoms with van der Waals surface area (Å²) in [5.74, 6) is 0.406. The van der Waals surface area contributed by atoms with Gasteiger partial charge in [-0.15, -0.1) is 0 Å². The Morgan fingerprint density at radius 2 is 2.50 bits per heavy atom. The number of thioether (sulfide) groups is 1. The molecule has 22 heavy (non-hydrogen) atoms. The number of amidine groups is 1. The van der Waals surface area contributed by atoms with Crippen LogP contribution in [0.2, 0.25) is 0 Å². The third kappa shape index (κ3) is 2.42. The molecule has 110 valence electrons. The first-order valence-corrected chi connectivity index (χ1v) is 7.21. The van der Waals surface area contributed by atoms with Gasteiger partial charge in [-0.05, 0) is 30.8 Å². The largest absolute Gasteiger partial charge is 0.483 e. The summed E-state index contributed by atoms with van der Waals surface area (Å²) in [5.41, 5.74) is 0.235. The van der Waals surface area contributed by atoms with Crippen molar-refractivity contribution in [3.8, 4) is 6.07 Å². The van der Waals surface area contributed by atoms with E-state index in [1.807, 2.05) is 13.0 Å². The van der Waals surface area contributed by atoms with E-state index in [9.17, 15) is 4.79 Å². The standard InChI is InChI=1S/C14H10N4O3S/c1-2-20-8-16-12-11(7-15)22-14-17-10(13(19)18(12)14)6-9-4-3-5-21-9/h3-6,8H,2H2,1H3/b10-6-,16-8?. The summed E-state index contributed by atoms with van der Waals surface area (Å²) in [5, 5.41) is 9.55. The number of carbonyl (C=O) groups is 1. The lowest BCUT2D eigenvalue weighted by Crippen LogP contribution is -2.25. The lowest BCUT2D eigenvalue weighted by Gasteiger charge is -2.09. The fourth-order valence-corrected chi connectivity index (χ4v) is 2.72. The van der Waals surface area contributed by atoms with Crippen LogP contribution in [0.1, 0.15) is 12.7 Å². The van der Waals surface area contributed by atoms with Crippen molar-refractivity contribution in [2.24, 2.45) is 9.98 Å². The maximum Gasteiger partial charge on any atom is 0.284 e. The molecule has 0 saturated heterocycles. The van der Waals surface area contributed by atoms with Gasteiger partial charge in [0.05, 0.1) is 12.9 Å². The van der Waals surface area contributed by atoms with Crippen LogP contribution in [-0.2, 0) is 9.53 Å². The van der Waals surface area contributed by atoms with Crippen molar-refractivity contribution in [2.75, 3.05) is 6.61 Å². The molecular weight excluding hydrogens is 304 g/mol. The zero-order valence-electron chi connectivity index (χ0n) is 11.5. The lowest BCUT2D eigenvalue weighted by atomic mass is 10.3. The lowest BCUT2D eigenvalue weighted by molar-refractivity contribution is -0.121. The quantitative estimate of drug-likeness (QED) is 0.483. The molecule has 0 spiro atoms. The first-order valence-electron chi connectivity index (χ1n) is 6.39. The highest BCUT2D eigenvalue weighted by molar-refractivity contribution is 8.17. The number of furan rings is 1. The van der Waals surface area contributed by atoms with Crippen molar-refractivity contribution in [1.29, 1.82) is 5.26 Å². The van der Waals surface area contributed by atoms with Gasteiger partial charge >= 0.3 is 0 Å². The van der Waals surface area contributed by atoms with Gasteiger partial charge < -0.3 is 9.15 Å². The second-order valence-electron chi connectivity index (χ2n) is 4.14. The van der Waals surface area contributed by atoms with E-state index >= 15 is 0 Å². The Bertz CT molecular complexity index is 769. The maximum atomic E-state index is 12.4. The summed E-state index contributed by atoms with van der Waals surface area (Å²) in [7, 11) is 0. The van der Waals surface area contributed by atoms with Gasteiger partial charge in [0.1, 0.15) is 22.4 Å². The van der Waals surface area contributed by atoms with Crippen LogP contribution in [0.5, 0.6) is 0 Å². The third-order valence-corrected chi connectivity index (χ3v) is 3.71. The first kappa shape index (κ1) is 14.2. The molecule has 0 fully saturated rings. The second kappa shape index (κ2) is 5.91. The summed E-state index contributed by atoms with van der Waals surface area (Å²) in [6.07, 6.45) is 4.28. The maximum absolute atomic E-state index is 12.4. The minimum Gasteiger partial charge on any atom is -0.483 e. The van der Waals surface area contributed by atoms with Crippen LogP contribution < -0.4 is 0 Å². The van der Waals surface area contributed by atoms with E-state index in [0.717, 1.165) is 11.8 Å². The number of nitriles is 1. The number of nitrogens with zero attached hydrogens (tertiary/aromatic N) is 4. The Balaban J connectivity index is 1.91. The van der Waals surface area contributed by atoms with Gasteiger partial charge in [0.2, 0.25) is 0 Å². The van der Waals surface area contributed by atoms with Gasteiger partial charge in [-0.3, -0.25) is 4.79 Å². The van der Waals surface area contributed by atoms with E-state index in [-0.39, 0.29) is 17.4 Å². The average molecular weight is 314 g/mol. The summed E-state index contributed by atoms with van der Waals surface area (Å²) < 4.78 is 10.2. The highest BCUT2D eigenvalue weighted by Crippen LogP contribution is 2.39. The van der Waals surface area contributed by atoms with Crippen LogP contribution in [0.15, 0.2) is 49.2 Å². The number of amides is 1. The molecule has 3 heterocycles. The van der Waals surface area contributed by atoms with Crippen molar-refractivity contribution >= 4 is 35.3 Å². The molecule has 2 aliphatic rings. The molecule has 0 atom stereocenters. The first-order chi connectivity index (χ1) is 10.7. The van der Waals surface area contributed by atoms with E-state index in [1.165, 1.54) is 17.6 Å². The number of rotatable bonds is 4. The molecule has 2 aliphatic heterocycles. The SMILES string of the molecule is CCOC=NC1=C(C#N)SC2=N/C(=C\c3ccco3)C(=O)N21. The molecule has 7 nitrogen and oxygen atoms in total. The fraction of sp³-hybridized carbons (Fsp3) is 0.143. The molecule has 1 amide bonds. The molecule has 0 aliphatic carbocycles. The zero-order valence-corrected chi connectivity index (χ0v) is 12.3. The topological polar surface area (TPSA) is 91.2 Å². The van der Waals surface area contributed by atoms with Gasteiger partial charge in [0, 0.05) is 6.08 Å². The van der Waals surface area contributed by atoms with Crippen LogP contribution in [0.3, 0.4) is 0 Å². The van der Waals surface area contributed by atoms with E-state index in [1.54, 1.807) is 18.2 Å². The predicted octanol–water partition coefficient (Wildman–Crippen LogP) is 2.32. The van der Waals surface area contributed by atoms with Gasteiger partial charge in [-0.25, -0.2) is 14.9 Å². The van der Waals surface area contributed by atoms with E-state index < -0.39 is 0 Å². The van der Waals surface area contributed by atoms with Gasteiger partial charge in [-0.1, -0.05) is 0 Å². The highest BCUT2D eigenvalue weighted by atomic mass is 32.2. The van der Waals surface area contributed by atoms with Gasteiger partial charge in [-0.2, -0.15) is 5.26 Å². The third-order valence-electron chi connectivity index (χ3n) is 2.78. The minimum atomic E-state index is -0.354. The van der Waals surface area contributed by atoms with Crippen molar-refractivity contribution in [3.05, 3.63) is 40.6 Å². The van der Waals surface area contributed by atoms with E-state index in [2.05, 4.69) is 9.98 Å². The Labute approximate surface area is 130 Å². The fourth-order valence-electron chi connectivity index (χ4n) is 1.85. The van der Waals surface area contributed by atoms with E-state index in [0.29, 0.717) is 22.4 Å².